The molecule has 0 radical (unpaired) electrons. The molecule has 0 amide bonds. The zero-order valence-corrected chi connectivity index (χ0v) is 20.0. The number of guanidine groups is 1. The van der Waals surface area contributed by atoms with E-state index in [4.69, 9.17) is 9.73 Å². The normalized spacial score (nSPS) is 24.1. The van der Waals surface area contributed by atoms with Crippen LogP contribution in [0.4, 0.5) is 0 Å². The number of piperidine rings is 1. The van der Waals surface area contributed by atoms with Crippen molar-refractivity contribution in [2.24, 2.45) is 4.99 Å². The minimum atomic E-state index is 0. The lowest BCUT2D eigenvalue weighted by atomic mass is 10.0. The van der Waals surface area contributed by atoms with Crippen LogP contribution in [-0.2, 0) is 4.74 Å². The van der Waals surface area contributed by atoms with Crippen molar-refractivity contribution in [1.82, 2.24) is 20.4 Å². The zero-order chi connectivity index (χ0) is 18.9. The minimum Gasteiger partial charge on any atom is -0.379 e. The molecule has 0 spiro atoms. The second-order valence-corrected chi connectivity index (χ2v) is 7.88. The Labute approximate surface area is 183 Å². The van der Waals surface area contributed by atoms with E-state index in [1.54, 1.807) is 0 Å². The maximum Gasteiger partial charge on any atom is 0.191 e. The second kappa shape index (κ2) is 13.0. The molecule has 0 saturated carbocycles. The molecule has 7 heteroatoms. The van der Waals surface area contributed by atoms with Crippen molar-refractivity contribution in [3.8, 4) is 0 Å². The molecule has 0 aromatic carbocycles. The van der Waals surface area contributed by atoms with Crippen LogP contribution in [0.2, 0.25) is 0 Å². The van der Waals surface area contributed by atoms with Crippen LogP contribution >= 0.6 is 24.0 Å². The number of hydrogen-bond acceptors (Lipinski definition) is 4. The maximum atomic E-state index is 5.55. The van der Waals surface area contributed by atoms with E-state index in [9.17, 15) is 0 Å². The summed E-state index contributed by atoms with van der Waals surface area (Å²) in [6.45, 7) is 20.4. The molecule has 6 nitrogen and oxygen atoms in total. The van der Waals surface area contributed by atoms with E-state index >= 15 is 0 Å². The predicted molar refractivity (Wildman–Crippen MR) is 125 cm³/mol. The summed E-state index contributed by atoms with van der Waals surface area (Å²) in [6, 6.07) is 1.41. The van der Waals surface area contributed by atoms with Gasteiger partial charge in [0.2, 0.25) is 0 Å². The van der Waals surface area contributed by atoms with Gasteiger partial charge in [-0.15, -0.1) is 24.0 Å². The van der Waals surface area contributed by atoms with Crippen LogP contribution in [0.3, 0.4) is 0 Å². The van der Waals surface area contributed by atoms with Crippen LogP contribution < -0.4 is 10.6 Å². The highest BCUT2D eigenvalue weighted by Crippen LogP contribution is 2.12. The highest BCUT2D eigenvalue weighted by atomic mass is 127. The fourth-order valence-corrected chi connectivity index (χ4v) is 3.85. The van der Waals surface area contributed by atoms with Crippen molar-refractivity contribution < 1.29 is 4.74 Å². The minimum absolute atomic E-state index is 0. The summed E-state index contributed by atoms with van der Waals surface area (Å²) in [5.74, 6) is 0.957. The summed E-state index contributed by atoms with van der Waals surface area (Å²) in [4.78, 5) is 9.87. The Bertz CT molecular complexity index is 465. The fourth-order valence-electron chi connectivity index (χ4n) is 3.85. The summed E-state index contributed by atoms with van der Waals surface area (Å²) < 4.78 is 5.55. The first-order valence-electron chi connectivity index (χ1n) is 10.2. The molecule has 27 heavy (non-hydrogen) atoms. The van der Waals surface area contributed by atoms with Gasteiger partial charge in [0.25, 0.3) is 0 Å². The molecule has 2 rings (SSSR count). The van der Waals surface area contributed by atoms with Gasteiger partial charge in [0.05, 0.1) is 19.8 Å². The predicted octanol–water partition coefficient (Wildman–Crippen LogP) is 2.31. The Hall–Kier alpha value is -0.380. The first-order valence-corrected chi connectivity index (χ1v) is 10.2. The van der Waals surface area contributed by atoms with Gasteiger partial charge < -0.3 is 15.4 Å². The van der Waals surface area contributed by atoms with Gasteiger partial charge in [-0.05, 0) is 40.5 Å². The van der Waals surface area contributed by atoms with Gasteiger partial charge in [-0.25, -0.2) is 0 Å². The third-order valence-corrected chi connectivity index (χ3v) is 5.26. The van der Waals surface area contributed by atoms with Gasteiger partial charge in [0.15, 0.2) is 5.96 Å². The van der Waals surface area contributed by atoms with Gasteiger partial charge in [-0.1, -0.05) is 12.2 Å². The third kappa shape index (κ3) is 8.66. The molecule has 2 aliphatic heterocycles. The summed E-state index contributed by atoms with van der Waals surface area (Å²) in [6.07, 6.45) is 2.32. The molecule has 2 N–H and O–H groups in total. The van der Waals surface area contributed by atoms with Crippen LogP contribution in [0.5, 0.6) is 0 Å². The Morgan fingerprint density at radius 1 is 1.30 bits per heavy atom. The SMILES string of the molecule is C=C(C)CN1CCC(NC(=NCC(C)N2CCOCC2C)NCC)CC1.I. The smallest absolute Gasteiger partial charge is 0.191 e. The fraction of sp³-hybridized carbons (Fsp3) is 0.850. The summed E-state index contributed by atoms with van der Waals surface area (Å²) in [5, 5.41) is 7.06. The molecule has 0 bridgehead atoms. The van der Waals surface area contributed by atoms with Crippen molar-refractivity contribution in [3.05, 3.63) is 12.2 Å². The average Bonchev–Trinajstić information content (AvgIpc) is 2.61. The van der Waals surface area contributed by atoms with E-state index in [0.717, 1.165) is 71.3 Å². The maximum absolute atomic E-state index is 5.55. The summed E-state index contributed by atoms with van der Waals surface area (Å²) in [5.41, 5.74) is 1.25. The average molecular weight is 493 g/mol. The number of halogens is 1. The summed E-state index contributed by atoms with van der Waals surface area (Å²) >= 11 is 0. The molecule has 2 saturated heterocycles. The van der Waals surface area contributed by atoms with Crippen LogP contribution in [0, 0.1) is 0 Å². The van der Waals surface area contributed by atoms with Crippen molar-refractivity contribution in [1.29, 1.82) is 0 Å². The van der Waals surface area contributed by atoms with Gasteiger partial charge in [0.1, 0.15) is 0 Å². The Balaban J connectivity index is 0.00000364. The molecule has 2 aliphatic rings. The van der Waals surface area contributed by atoms with Crippen LogP contribution in [0.1, 0.15) is 40.5 Å². The molecule has 158 valence electrons. The molecule has 0 aromatic heterocycles. The number of ether oxygens (including phenoxy) is 1. The largest absolute Gasteiger partial charge is 0.379 e. The van der Waals surface area contributed by atoms with Crippen LogP contribution in [0.25, 0.3) is 0 Å². The van der Waals surface area contributed by atoms with Crippen molar-refractivity contribution in [3.63, 3.8) is 0 Å². The van der Waals surface area contributed by atoms with Crippen molar-refractivity contribution in [2.45, 2.75) is 58.7 Å². The highest BCUT2D eigenvalue weighted by molar-refractivity contribution is 14.0. The Morgan fingerprint density at radius 3 is 2.59 bits per heavy atom. The van der Waals surface area contributed by atoms with Gasteiger partial charge >= 0.3 is 0 Å². The number of hydrogen-bond donors (Lipinski definition) is 2. The van der Waals surface area contributed by atoms with Gasteiger partial charge in [0, 0.05) is 50.8 Å². The molecular formula is C20H40IN5O. The van der Waals surface area contributed by atoms with Crippen LogP contribution in [-0.4, -0.2) is 86.4 Å². The number of nitrogens with one attached hydrogen (secondary N) is 2. The molecule has 2 unspecified atom stereocenters. The number of rotatable bonds is 7. The summed E-state index contributed by atoms with van der Waals surface area (Å²) in [7, 11) is 0. The van der Waals surface area contributed by atoms with E-state index < -0.39 is 0 Å². The lowest BCUT2D eigenvalue weighted by molar-refractivity contribution is -0.0165. The van der Waals surface area contributed by atoms with Crippen LogP contribution in [0.15, 0.2) is 17.1 Å². The van der Waals surface area contributed by atoms with Gasteiger partial charge in [-0.3, -0.25) is 14.8 Å². The van der Waals surface area contributed by atoms with E-state index in [-0.39, 0.29) is 24.0 Å². The first kappa shape index (κ1) is 24.7. The molecule has 0 aliphatic carbocycles. The van der Waals surface area contributed by atoms with E-state index in [1.165, 1.54) is 5.57 Å². The number of morpholine rings is 1. The Kier molecular flexibility index (Phi) is 11.8. The van der Waals surface area contributed by atoms with E-state index in [1.807, 2.05) is 0 Å². The van der Waals surface area contributed by atoms with Gasteiger partial charge in [-0.2, -0.15) is 0 Å². The monoisotopic (exact) mass is 493 g/mol. The highest BCUT2D eigenvalue weighted by Gasteiger charge is 2.24. The van der Waals surface area contributed by atoms with E-state index in [2.05, 4.69) is 54.7 Å². The van der Waals surface area contributed by atoms with E-state index in [0.29, 0.717) is 18.1 Å². The number of nitrogens with zero attached hydrogens (tertiary/aromatic N) is 3. The molecular weight excluding hydrogens is 453 g/mol. The number of aliphatic imine (C=N–C) groups is 1. The third-order valence-electron chi connectivity index (χ3n) is 5.26. The molecule has 0 aromatic rings. The number of likely N-dealkylation sites (tertiary alicyclic amines) is 1. The lowest BCUT2D eigenvalue weighted by Crippen LogP contribution is -2.51. The first-order chi connectivity index (χ1) is 12.5. The standard InChI is InChI=1S/C20H39N5O.HI/c1-6-21-20(22-13-17(4)25-11-12-26-15-18(25)5)23-19-7-9-24(10-8-19)14-16(2)3;/h17-19H,2,6-15H2,1,3-5H3,(H2,21,22,23);1H. The molecule has 2 heterocycles. The second-order valence-electron chi connectivity index (χ2n) is 7.88. The Morgan fingerprint density at radius 2 is 2.00 bits per heavy atom. The topological polar surface area (TPSA) is 52.1 Å². The quantitative estimate of drug-likeness (QED) is 0.247. The molecule has 2 atom stereocenters. The lowest BCUT2D eigenvalue weighted by Gasteiger charge is -2.37. The van der Waals surface area contributed by atoms with Crippen molar-refractivity contribution >= 4 is 29.9 Å². The zero-order valence-electron chi connectivity index (χ0n) is 17.7. The van der Waals surface area contributed by atoms with Crippen molar-refractivity contribution in [2.75, 3.05) is 52.5 Å². The molecule has 2 fully saturated rings.